The summed E-state index contributed by atoms with van der Waals surface area (Å²) >= 11 is 0. The van der Waals surface area contributed by atoms with Crippen LogP contribution in [0.2, 0.25) is 0 Å². The molecule has 0 radical (unpaired) electrons. The molecule has 0 aromatic heterocycles. The molecule has 0 rings (SSSR count). The zero-order valence-corrected chi connectivity index (χ0v) is 8.41. The van der Waals surface area contributed by atoms with Crippen molar-refractivity contribution in [3.8, 4) is 0 Å². The summed E-state index contributed by atoms with van der Waals surface area (Å²) in [7, 11) is -4.89. The van der Waals surface area contributed by atoms with Gasteiger partial charge in [-0.1, -0.05) is 0 Å². The summed E-state index contributed by atoms with van der Waals surface area (Å²) in [5.74, 6) is 0. The van der Waals surface area contributed by atoms with Gasteiger partial charge in [0.15, 0.2) is 0 Å². The number of quaternary nitrogens is 1. The van der Waals surface area contributed by atoms with Gasteiger partial charge in [-0.2, -0.15) is 0 Å². The van der Waals surface area contributed by atoms with Crippen molar-refractivity contribution >= 4 is 13.9 Å². The summed E-state index contributed by atoms with van der Waals surface area (Å²) in [5, 5.41) is 6.76. The van der Waals surface area contributed by atoms with Crippen LogP contribution in [0, 0.1) is 0 Å². The van der Waals surface area contributed by atoms with Gasteiger partial charge in [0.2, 0.25) is 0 Å². The van der Waals surface area contributed by atoms with Crippen molar-refractivity contribution in [3.05, 3.63) is 5.41 Å². The molecule has 0 saturated carbocycles. The number of hydrogen-bond acceptors (Lipinski definition) is 3. The number of phosphoric acid groups is 1. The third kappa shape index (κ3) is 2320. The van der Waals surface area contributed by atoms with Gasteiger partial charge in [0.25, 0.3) is 7.82 Å². The Morgan fingerprint density at radius 3 is 1.50 bits per heavy atom. The van der Waals surface area contributed by atoms with Crippen LogP contribution >= 0.6 is 7.82 Å². The molecule has 0 aliphatic heterocycles. The first-order valence-electron chi connectivity index (χ1n) is 1.19. The molecule has 0 atom stereocenters. The van der Waals surface area contributed by atoms with Gasteiger partial charge in [-0.3, -0.25) is 9.36 Å². The van der Waals surface area contributed by atoms with Crippen LogP contribution in [0.5, 0.6) is 0 Å². The molecule has 10 heavy (non-hydrogen) atoms. The number of isocyanates is 1. The average Bonchev–Trinajstić information content (AvgIpc) is 1.27. The topological polar surface area (TPSA) is 156 Å². The Hall–Kier alpha value is 0.450. The van der Waals surface area contributed by atoms with Crippen molar-refractivity contribution in [3.63, 3.8) is 0 Å². The minimum absolute atomic E-state index is 0. The Bertz CT molecular complexity index is 117. The van der Waals surface area contributed by atoms with Gasteiger partial charge >= 0.3 is 29.6 Å². The average molecular weight is 180 g/mol. The van der Waals surface area contributed by atoms with Crippen LogP contribution in [0.4, 0.5) is 0 Å². The van der Waals surface area contributed by atoms with E-state index in [9.17, 15) is 0 Å². The predicted molar refractivity (Wildman–Crippen MR) is 27.1 cm³/mol. The summed E-state index contributed by atoms with van der Waals surface area (Å²) in [4.78, 5) is 31.2. The molecular weight excluding hydrogens is 174 g/mol. The Morgan fingerprint density at radius 1 is 1.50 bits per heavy atom. The maximum Gasteiger partial charge on any atom is 1.00 e. The molecule has 0 saturated heterocycles. The molecule has 7 nitrogen and oxygen atoms in total. The van der Waals surface area contributed by atoms with Crippen LogP contribution in [0.1, 0.15) is 0 Å². The maximum atomic E-state index is 8.77. The van der Waals surface area contributed by atoms with Crippen LogP contribution in [0.3, 0.4) is 0 Å². The summed E-state index contributed by atoms with van der Waals surface area (Å²) in [6.07, 6.45) is 0.500. The van der Waals surface area contributed by atoms with E-state index in [0.717, 1.165) is 0 Å². The maximum absolute atomic E-state index is 8.77. The minimum Gasteiger partial charge on any atom is -0.756 e. The second-order valence-electron chi connectivity index (χ2n) is 0.582. The third-order valence-electron chi connectivity index (χ3n) is 0. The predicted octanol–water partition coefficient (Wildman–Crippen LogP) is -4.29. The Kier molecular flexibility index (Phi) is 27.3. The number of carbonyl (C=O) groups excluding carboxylic acids is 1. The Balaban J connectivity index is -0.0000000326. The van der Waals surface area contributed by atoms with E-state index in [0.29, 0.717) is 6.08 Å². The molecule has 0 aromatic carbocycles. The van der Waals surface area contributed by atoms with E-state index in [2.05, 4.69) is 0 Å². The first kappa shape index (κ1) is 22.4. The summed E-state index contributed by atoms with van der Waals surface area (Å²) < 4.78 is 8.77. The molecular formula is CH6N2NaO5P. The van der Waals surface area contributed by atoms with Crippen LogP contribution < -0.4 is 40.6 Å². The first-order chi connectivity index (χ1) is 3.41. The van der Waals surface area contributed by atoms with Gasteiger partial charge in [0, 0.05) is 0 Å². The van der Waals surface area contributed by atoms with Gasteiger partial charge in [-0.25, -0.2) is 0 Å². The Labute approximate surface area is 79.1 Å². The molecule has 0 aliphatic rings. The van der Waals surface area contributed by atoms with Gasteiger partial charge < -0.3 is 26.2 Å². The third-order valence-corrected chi connectivity index (χ3v) is 0. The molecule has 56 valence electrons. The molecule has 0 aromatic rings. The second-order valence-corrected chi connectivity index (χ2v) is 1.56. The smallest absolute Gasteiger partial charge is 0.756 e. The van der Waals surface area contributed by atoms with Gasteiger partial charge in [0.1, 0.15) is 0 Å². The van der Waals surface area contributed by atoms with E-state index in [1.54, 1.807) is 0 Å². The fourth-order valence-electron chi connectivity index (χ4n) is 0. The standard InChI is InChI=1S/CNO.H3N.Na.H3O4P/c2-1-3;;;1-5(2,3)4/h;1H3;;(H3,1,2,3,4)/q-1;;+1;. The van der Waals surface area contributed by atoms with Crippen molar-refractivity contribution in [2.24, 2.45) is 0 Å². The normalized spacial score (nSPS) is 6.70. The largest absolute Gasteiger partial charge is 1.00 e. The molecule has 6 N–H and O–H groups in total. The van der Waals surface area contributed by atoms with Crippen molar-refractivity contribution < 1.29 is 53.6 Å². The summed E-state index contributed by atoms with van der Waals surface area (Å²) in [5.41, 5.74) is 0. The van der Waals surface area contributed by atoms with E-state index in [1.165, 1.54) is 0 Å². The monoisotopic (exact) mass is 180 g/mol. The minimum atomic E-state index is -4.89. The molecule has 9 heteroatoms. The van der Waals surface area contributed by atoms with E-state index in [4.69, 9.17) is 29.4 Å². The molecule has 0 heterocycles. The van der Waals surface area contributed by atoms with Gasteiger partial charge in [-0.15, -0.1) is 0 Å². The van der Waals surface area contributed by atoms with Crippen molar-refractivity contribution in [2.75, 3.05) is 0 Å². The van der Waals surface area contributed by atoms with Gasteiger partial charge in [-0.05, 0) is 6.08 Å². The van der Waals surface area contributed by atoms with Crippen LogP contribution in [-0.2, 0) is 9.36 Å². The van der Waals surface area contributed by atoms with E-state index < -0.39 is 7.82 Å². The number of nitrogens with zero attached hydrogens (tertiary/aromatic N) is 1. The molecule has 0 aliphatic carbocycles. The van der Waals surface area contributed by atoms with Crippen molar-refractivity contribution in [2.45, 2.75) is 0 Å². The molecule has 0 bridgehead atoms. The van der Waals surface area contributed by atoms with Crippen LogP contribution in [0.15, 0.2) is 0 Å². The second kappa shape index (κ2) is 12.2. The van der Waals surface area contributed by atoms with Crippen molar-refractivity contribution in [1.82, 2.24) is 6.15 Å². The number of hydrogen-bond donors (Lipinski definition) is 3. The Morgan fingerprint density at radius 2 is 1.50 bits per heavy atom. The number of rotatable bonds is 0. The fraction of sp³-hybridized carbons (Fsp3) is 0. The summed E-state index contributed by atoms with van der Waals surface area (Å²) in [6.45, 7) is 0. The molecule has 0 spiro atoms. The van der Waals surface area contributed by atoms with Crippen molar-refractivity contribution in [1.29, 1.82) is 0 Å². The van der Waals surface area contributed by atoms with E-state index >= 15 is 0 Å². The molecule has 0 fully saturated rings. The van der Waals surface area contributed by atoms with E-state index in [1.807, 2.05) is 0 Å². The molecule has 0 amide bonds. The van der Waals surface area contributed by atoms with Gasteiger partial charge in [0.05, 0.1) is 0 Å². The SMILES string of the molecule is O=P([O-])(O)O.[N-]=C=O.[NH4+].[Na+]. The van der Waals surface area contributed by atoms with Crippen LogP contribution in [0.25, 0.3) is 5.41 Å². The fourth-order valence-corrected chi connectivity index (χ4v) is 0. The molecule has 0 unspecified atom stereocenters. The first-order valence-corrected chi connectivity index (χ1v) is 2.72. The van der Waals surface area contributed by atoms with E-state index in [-0.39, 0.29) is 35.7 Å². The summed E-state index contributed by atoms with van der Waals surface area (Å²) in [6, 6.07) is 0. The zero-order valence-electron chi connectivity index (χ0n) is 5.51. The quantitative estimate of drug-likeness (QED) is 0.149. The van der Waals surface area contributed by atoms with Crippen LogP contribution in [-0.4, -0.2) is 15.9 Å². The zero-order chi connectivity index (χ0) is 7.21.